The minimum atomic E-state index is -3.51. The van der Waals surface area contributed by atoms with E-state index in [0.29, 0.717) is 21.6 Å². The van der Waals surface area contributed by atoms with Gasteiger partial charge in [-0.25, -0.2) is 12.7 Å². The van der Waals surface area contributed by atoms with Crippen molar-refractivity contribution in [2.75, 3.05) is 14.1 Å². The molecule has 9 heteroatoms. The van der Waals surface area contributed by atoms with Crippen molar-refractivity contribution in [1.82, 2.24) is 4.31 Å². The predicted octanol–water partition coefficient (Wildman–Crippen LogP) is 1.23. The summed E-state index contributed by atoms with van der Waals surface area (Å²) in [7, 11) is -1.64. The molecule has 0 atom stereocenters. The minimum Gasteiger partial charge on any atom is -0.423 e. The highest BCUT2D eigenvalue weighted by atomic mass is 35.5. The average molecular weight is 394 g/mol. The van der Waals surface area contributed by atoms with Crippen LogP contribution in [0.2, 0.25) is 5.02 Å². The van der Waals surface area contributed by atoms with Crippen LogP contribution in [-0.4, -0.2) is 44.7 Å². The number of carbonyl (C=O) groups excluding carboxylic acids is 1. The zero-order valence-electron chi connectivity index (χ0n) is 14.3. The minimum absolute atomic E-state index is 0.0672. The first-order valence-electron chi connectivity index (χ1n) is 7.87. The molecule has 6 nitrogen and oxygen atoms in total. The first-order chi connectivity index (χ1) is 12.2. The van der Waals surface area contributed by atoms with Crippen LogP contribution in [0, 0.1) is 0 Å². The van der Waals surface area contributed by atoms with Gasteiger partial charge < -0.3 is 9.68 Å². The molecule has 1 aliphatic rings. The molecule has 0 radical (unpaired) electrons. The molecule has 1 aliphatic heterocycles. The molecule has 136 valence electrons. The van der Waals surface area contributed by atoms with E-state index in [0.717, 1.165) is 9.87 Å². The fraction of sp³-hybridized carbons (Fsp3) is 0.235. The number of Topliss-reactive ketones (excluding diaryl/α,β-unsaturated/α-hetero) is 1. The van der Waals surface area contributed by atoms with Crippen molar-refractivity contribution in [3.63, 3.8) is 0 Å². The lowest BCUT2D eigenvalue weighted by Crippen LogP contribution is -2.29. The van der Waals surface area contributed by atoms with E-state index in [2.05, 4.69) is 0 Å². The number of ketones is 1. The van der Waals surface area contributed by atoms with Gasteiger partial charge in [0.05, 0.1) is 16.5 Å². The van der Waals surface area contributed by atoms with Gasteiger partial charge in [0, 0.05) is 26.1 Å². The summed E-state index contributed by atoms with van der Waals surface area (Å²) < 4.78 is 30.4. The molecule has 0 spiro atoms. The van der Waals surface area contributed by atoms with Crippen LogP contribution < -0.4 is 5.46 Å². The Hall–Kier alpha value is -1.71. The Morgan fingerprint density at radius 1 is 1.27 bits per heavy atom. The first kappa shape index (κ1) is 19.1. The van der Waals surface area contributed by atoms with Crippen LogP contribution in [0.25, 0.3) is 0 Å². The molecular formula is C17H17BClNO5S. The van der Waals surface area contributed by atoms with Gasteiger partial charge >= 0.3 is 7.12 Å². The molecule has 0 saturated heterocycles. The van der Waals surface area contributed by atoms with Gasteiger partial charge in [-0.2, -0.15) is 0 Å². The van der Waals surface area contributed by atoms with Gasteiger partial charge in [0.25, 0.3) is 0 Å². The maximum Gasteiger partial charge on any atom is 0.491 e. The number of fused-ring (bicyclic) bond motifs is 1. The maximum absolute atomic E-state index is 12.6. The molecule has 0 fully saturated rings. The number of nitrogens with zero attached hydrogens (tertiary/aromatic N) is 1. The van der Waals surface area contributed by atoms with Crippen molar-refractivity contribution in [1.29, 1.82) is 0 Å². The highest BCUT2D eigenvalue weighted by Crippen LogP contribution is 2.23. The first-order valence-corrected chi connectivity index (χ1v) is 9.68. The molecule has 2 aromatic rings. The van der Waals surface area contributed by atoms with Crippen molar-refractivity contribution in [3.05, 3.63) is 58.1 Å². The van der Waals surface area contributed by atoms with E-state index in [1.807, 2.05) is 0 Å². The number of rotatable bonds is 5. The molecule has 0 unspecified atom stereocenters. The van der Waals surface area contributed by atoms with Gasteiger partial charge in [-0.15, -0.1) is 0 Å². The monoisotopic (exact) mass is 393 g/mol. The highest BCUT2D eigenvalue weighted by Gasteiger charge is 2.29. The highest BCUT2D eigenvalue weighted by molar-refractivity contribution is 7.89. The van der Waals surface area contributed by atoms with Crippen molar-refractivity contribution < 1.29 is 22.9 Å². The van der Waals surface area contributed by atoms with E-state index in [4.69, 9.17) is 16.3 Å². The van der Waals surface area contributed by atoms with E-state index in [9.17, 15) is 18.2 Å². The number of hydrogen-bond donors (Lipinski definition) is 1. The fourth-order valence-corrected chi connectivity index (χ4v) is 3.92. The smallest absolute Gasteiger partial charge is 0.423 e. The van der Waals surface area contributed by atoms with Crippen LogP contribution in [0.15, 0.2) is 41.3 Å². The molecule has 3 rings (SSSR count). The number of hydrogen-bond acceptors (Lipinski definition) is 5. The second-order valence-corrected chi connectivity index (χ2v) is 8.78. The molecule has 0 saturated carbocycles. The largest absolute Gasteiger partial charge is 0.491 e. The Morgan fingerprint density at radius 2 is 1.92 bits per heavy atom. The summed E-state index contributed by atoms with van der Waals surface area (Å²) in [5.41, 5.74) is 2.28. The van der Waals surface area contributed by atoms with Gasteiger partial charge in [0.2, 0.25) is 10.0 Å². The van der Waals surface area contributed by atoms with Gasteiger partial charge in [0.1, 0.15) is 0 Å². The molecule has 0 bridgehead atoms. The third kappa shape index (κ3) is 3.56. The van der Waals surface area contributed by atoms with Gasteiger partial charge in [-0.3, -0.25) is 4.79 Å². The maximum atomic E-state index is 12.6. The molecule has 1 heterocycles. The van der Waals surface area contributed by atoms with Crippen LogP contribution in [0.5, 0.6) is 0 Å². The molecule has 0 aromatic heterocycles. The Morgan fingerprint density at radius 3 is 2.54 bits per heavy atom. The molecule has 2 aromatic carbocycles. The molecule has 0 aliphatic carbocycles. The normalized spacial score (nSPS) is 14.0. The zero-order valence-corrected chi connectivity index (χ0v) is 15.8. The van der Waals surface area contributed by atoms with Crippen molar-refractivity contribution in [2.24, 2.45) is 0 Å². The third-order valence-corrected chi connectivity index (χ3v) is 6.40. The lowest BCUT2D eigenvalue weighted by molar-refractivity contribution is 0.0993. The van der Waals surface area contributed by atoms with Crippen LogP contribution >= 0.6 is 11.6 Å². The Labute approximate surface area is 157 Å². The third-order valence-electron chi connectivity index (χ3n) is 4.26. The average Bonchev–Trinajstić information content (AvgIpc) is 2.94. The van der Waals surface area contributed by atoms with Crippen molar-refractivity contribution in [3.8, 4) is 0 Å². The lowest BCUT2D eigenvalue weighted by Gasteiger charge is -2.12. The van der Waals surface area contributed by atoms with Crippen LogP contribution in [0.1, 0.15) is 21.5 Å². The van der Waals surface area contributed by atoms with Gasteiger partial charge in [0.15, 0.2) is 5.78 Å². The lowest BCUT2D eigenvalue weighted by atomic mass is 9.78. The predicted molar refractivity (Wildman–Crippen MR) is 99.2 cm³/mol. The summed E-state index contributed by atoms with van der Waals surface area (Å²) in [6.07, 6.45) is 0.0672. The Kier molecular flexibility index (Phi) is 5.23. The molecule has 1 N–H and O–H groups in total. The summed E-state index contributed by atoms with van der Waals surface area (Å²) in [5.74, 6) is -0.222. The zero-order chi connectivity index (χ0) is 19.1. The second kappa shape index (κ2) is 7.13. The summed E-state index contributed by atoms with van der Waals surface area (Å²) in [5, 5.41) is 10.1. The molecule has 0 amide bonds. The topological polar surface area (TPSA) is 83.9 Å². The molecule has 26 heavy (non-hydrogen) atoms. The number of sulfonamides is 1. The fourth-order valence-electron chi connectivity index (χ4n) is 2.73. The van der Waals surface area contributed by atoms with E-state index in [1.54, 1.807) is 24.3 Å². The summed E-state index contributed by atoms with van der Waals surface area (Å²) in [4.78, 5) is 12.8. The second-order valence-electron chi connectivity index (χ2n) is 6.23. The summed E-state index contributed by atoms with van der Waals surface area (Å²) in [6.45, 7) is 0.256. The molecular weight excluding hydrogens is 377 g/mol. The number of halogens is 1. The number of carbonyl (C=O) groups is 1. The Bertz CT molecular complexity index is 960. The van der Waals surface area contributed by atoms with Crippen molar-refractivity contribution in [2.45, 2.75) is 17.9 Å². The standard InChI is InChI=1S/C17H17BClNO5S/c1-20(2)26(23,24)13-5-3-11(4-6-13)7-17(21)14-9-15-12(8-16(14)19)10-25-18(15)22/h3-6,8-9,22H,7,10H2,1-2H3. The van der Waals surface area contributed by atoms with Gasteiger partial charge in [-0.1, -0.05) is 23.7 Å². The summed E-state index contributed by atoms with van der Waals surface area (Å²) >= 11 is 6.19. The van der Waals surface area contributed by atoms with Gasteiger partial charge in [-0.05, 0) is 40.9 Å². The quantitative estimate of drug-likeness (QED) is 0.610. The van der Waals surface area contributed by atoms with Crippen molar-refractivity contribution >= 4 is 40.0 Å². The summed E-state index contributed by atoms with van der Waals surface area (Å²) in [6, 6.07) is 9.34. The van der Waals surface area contributed by atoms with E-state index < -0.39 is 17.1 Å². The van der Waals surface area contributed by atoms with Crippen LogP contribution in [-0.2, 0) is 27.7 Å². The Balaban J connectivity index is 1.82. The SMILES string of the molecule is CN(C)S(=O)(=O)c1ccc(CC(=O)c2cc3c(cc2Cl)COB3O)cc1. The van der Waals surface area contributed by atoms with Crippen LogP contribution in [0.3, 0.4) is 0 Å². The van der Waals surface area contributed by atoms with E-state index >= 15 is 0 Å². The van der Waals surface area contributed by atoms with Crippen LogP contribution in [0.4, 0.5) is 0 Å². The van der Waals surface area contributed by atoms with E-state index in [1.165, 1.54) is 26.2 Å². The number of benzene rings is 2. The van der Waals surface area contributed by atoms with E-state index in [-0.39, 0.29) is 23.7 Å².